The number of rotatable bonds is 6. The highest BCUT2D eigenvalue weighted by Gasteiger charge is 2.19. The highest BCUT2D eigenvalue weighted by molar-refractivity contribution is 7.99. The van der Waals surface area contributed by atoms with Crippen LogP contribution in [0.3, 0.4) is 0 Å². The summed E-state index contributed by atoms with van der Waals surface area (Å²) in [7, 11) is 0. The van der Waals surface area contributed by atoms with Crippen molar-refractivity contribution in [1.82, 2.24) is 14.8 Å². The number of aryl methyl sites for hydroxylation is 1. The molecule has 0 aromatic carbocycles. The molecular weight excluding hydrogens is 278 g/mol. The van der Waals surface area contributed by atoms with Gasteiger partial charge in [-0.3, -0.25) is 9.36 Å². The average molecular weight is 295 g/mol. The second-order valence-corrected chi connectivity index (χ2v) is 5.51. The fourth-order valence-corrected chi connectivity index (χ4v) is 2.61. The first-order valence-corrected chi connectivity index (χ1v) is 7.40. The lowest BCUT2D eigenvalue weighted by molar-refractivity contribution is -0.133. The number of hydrogen-bond donors (Lipinski definition) is 1. The summed E-state index contributed by atoms with van der Waals surface area (Å²) in [6.45, 7) is 6.02. The van der Waals surface area contributed by atoms with Gasteiger partial charge in [0.25, 0.3) is 0 Å². The zero-order chi connectivity index (χ0) is 14.7. The van der Waals surface area contributed by atoms with Crippen LogP contribution in [0.2, 0.25) is 0 Å². The first kappa shape index (κ1) is 14.6. The minimum absolute atomic E-state index is 0.0385. The van der Waals surface area contributed by atoms with Crippen molar-refractivity contribution in [3.05, 3.63) is 17.9 Å². The Morgan fingerprint density at radius 2 is 2.20 bits per heavy atom. The van der Waals surface area contributed by atoms with Crippen molar-refractivity contribution >= 4 is 17.7 Å². The lowest BCUT2D eigenvalue weighted by Gasteiger charge is -2.11. The van der Waals surface area contributed by atoms with Crippen molar-refractivity contribution in [2.24, 2.45) is 0 Å². The van der Waals surface area contributed by atoms with E-state index in [1.165, 1.54) is 0 Å². The van der Waals surface area contributed by atoms with Gasteiger partial charge in [0.2, 0.25) is 5.82 Å². The highest BCUT2D eigenvalue weighted by atomic mass is 32.2. The summed E-state index contributed by atoms with van der Waals surface area (Å²) in [4.78, 5) is 10.7. The molecule has 0 spiro atoms. The molecule has 20 heavy (non-hydrogen) atoms. The molecule has 0 aliphatic rings. The summed E-state index contributed by atoms with van der Waals surface area (Å²) in [5, 5.41) is 17.6. The van der Waals surface area contributed by atoms with E-state index in [0.717, 1.165) is 23.9 Å². The number of carbonyl (C=O) groups is 1. The first-order chi connectivity index (χ1) is 9.52. The van der Waals surface area contributed by atoms with Crippen LogP contribution < -0.4 is 0 Å². The third-order valence-electron chi connectivity index (χ3n) is 2.74. The summed E-state index contributed by atoms with van der Waals surface area (Å²) in [5.41, 5.74) is 0. The van der Waals surface area contributed by atoms with E-state index in [9.17, 15) is 4.79 Å². The van der Waals surface area contributed by atoms with Crippen LogP contribution in [0.5, 0.6) is 0 Å². The predicted molar refractivity (Wildman–Crippen MR) is 75.8 cm³/mol. The molecule has 108 valence electrons. The lowest BCUT2D eigenvalue weighted by atomic mass is 10.3. The Morgan fingerprint density at radius 3 is 2.75 bits per heavy atom. The first-order valence-electron chi connectivity index (χ1n) is 6.41. The maximum Gasteiger partial charge on any atom is 0.313 e. The maximum atomic E-state index is 10.7. The van der Waals surface area contributed by atoms with Gasteiger partial charge < -0.3 is 9.52 Å². The van der Waals surface area contributed by atoms with E-state index in [1.807, 2.05) is 37.5 Å². The molecule has 0 saturated heterocycles. The largest absolute Gasteiger partial charge is 0.481 e. The van der Waals surface area contributed by atoms with E-state index in [1.54, 1.807) is 0 Å². The van der Waals surface area contributed by atoms with Crippen molar-refractivity contribution < 1.29 is 14.3 Å². The van der Waals surface area contributed by atoms with Crippen molar-refractivity contribution in [2.75, 3.05) is 5.75 Å². The topological polar surface area (TPSA) is 81.1 Å². The molecule has 0 saturated carbocycles. The molecule has 0 fully saturated rings. The van der Waals surface area contributed by atoms with Crippen LogP contribution in [-0.4, -0.2) is 31.6 Å². The summed E-state index contributed by atoms with van der Waals surface area (Å²) in [6.07, 6.45) is 0.816. The summed E-state index contributed by atoms with van der Waals surface area (Å²) in [5.74, 6) is 1.26. The predicted octanol–water partition coefficient (Wildman–Crippen LogP) is 2.86. The molecule has 2 aromatic rings. The quantitative estimate of drug-likeness (QED) is 0.825. The van der Waals surface area contributed by atoms with Gasteiger partial charge in [0.05, 0.1) is 5.75 Å². The second-order valence-electron chi connectivity index (χ2n) is 4.57. The molecule has 0 radical (unpaired) electrons. The van der Waals surface area contributed by atoms with E-state index in [2.05, 4.69) is 10.2 Å². The molecule has 0 amide bonds. The van der Waals surface area contributed by atoms with Gasteiger partial charge in [-0.05, 0) is 26.0 Å². The van der Waals surface area contributed by atoms with E-state index < -0.39 is 5.97 Å². The number of carboxylic acids is 1. The number of carboxylic acid groups (broad SMARTS) is 1. The Hall–Kier alpha value is -1.76. The van der Waals surface area contributed by atoms with Gasteiger partial charge in [0.15, 0.2) is 10.9 Å². The smallest absolute Gasteiger partial charge is 0.313 e. The molecule has 2 aromatic heterocycles. The van der Waals surface area contributed by atoms with E-state index in [4.69, 9.17) is 9.52 Å². The molecule has 2 heterocycles. The van der Waals surface area contributed by atoms with Gasteiger partial charge in [-0.1, -0.05) is 18.7 Å². The monoisotopic (exact) mass is 295 g/mol. The minimum Gasteiger partial charge on any atom is -0.481 e. The molecule has 6 nitrogen and oxygen atoms in total. The van der Waals surface area contributed by atoms with Crippen LogP contribution in [0, 0.1) is 0 Å². The van der Waals surface area contributed by atoms with Crippen LogP contribution in [0.1, 0.15) is 32.6 Å². The molecule has 0 aliphatic carbocycles. The molecule has 7 heteroatoms. The van der Waals surface area contributed by atoms with Gasteiger partial charge >= 0.3 is 5.97 Å². The lowest BCUT2D eigenvalue weighted by Crippen LogP contribution is -2.06. The Bertz CT molecular complexity index is 604. The molecular formula is C13H17N3O3S. The van der Waals surface area contributed by atoms with E-state index >= 15 is 0 Å². The fraction of sp³-hybridized carbons (Fsp3) is 0.462. The Kier molecular flexibility index (Phi) is 4.49. The van der Waals surface area contributed by atoms with Crippen LogP contribution >= 0.6 is 11.8 Å². The third kappa shape index (κ3) is 3.04. The third-order valence-corrected chi connectivity index (χ3v) is 3.66. The number of hydrogen-bond acceptors (Lipinski definition) is 5. The minimum atomic E-state index is -0.874. The Balaban J connectivity index is 2.35. The summed E-state index contributed by atoms with van der Waals surface area (Å²) >= 11 is 1.16. The molecule has 0 unspecified atom stereocenters. The fourth-order valence-electron chi connectivity index (χ4n) is 1.82. The second kappa shape index (κ2) is 6.13. The zero-order valence-corrected chi connectivity index (χ0v) is 12.5. The van der Waals surface area contributed by atoms with Crippen molar-refractivity contribution in [3.63, 3.8) is 0 Å². The number of nitrogens with zero attached hydrogens (tertiary/aromatic N) is 3. The average Bonchev–Trinajstić information content (AvgIpc) is 3.02. The van der Waals surface area contributed by atoms with Gasteiger partial charge in [-0.2, -0.15) is 0 Å². The number of thioether (sulfide) groups is 1. The normalized spacial score (nSPS) is 11.2. The van der Waals surface area contributed by atoms with Crippen LogP contribution in [0.4, 0.5) is 0 Å². The Morgan fingerprint density at radius 1 is 1.45 bits per heavy atom. The maximum absolute atomic E-state index is 10.7. The van der Waals surface area contributed by atoms with E-state index in [0.29, 0.717) is 16.7 Å². The number of aliphatic carboxylic acids is 1. The van der Waals surface area contributed by atoms with Crippen LogP contribution in [0.15, 0.2) is 21.7 Å². The molecule has 2 rings (SSSR count). The molecule has 0 atom stereocenters. The molecule has 1 N–H and O–H groups in total. The summed E-state index contributed by atoms with van der Waals surface area (Å²) < 4.78 is 7.59. The number of furan rings is 1. The van der Waals surface area contributed by atoms with Crippen molar-refractivity contribution in [1.29, 1.82) is 0 Å². The highest BCUT2D eigenvalue weighted by Crippen LogP contribution is 2.28. The molecule has 0 aliphatic heterocycles. The Labute approximate surface area is 121 Å². The number of aromatic nitrogens is 3. The summed E-state index contributed by atoms with van der Waals surface area (Å²) in [6, 6.07) is 3.90. The van der Waals surface area contributed by atoms with Crippen LogP contribution in [-0.2, 0) is 11.2 Å². The van der Waals surface area contributed by atoms with E-state index in [-0.39, 0.29) is 11.8 Å². The van der Waals surface area contributed by atoms with Crippen LogP contribution in [0.25, 0.3) is 11.6 Å². The standard InChI is InChI=1S/C13H17N3O3S/c1-4-9-5-6-10(19-9)12-14-15-13(16(12)8(2)3)20-7-11(17)18/h5-6,8H,4,7H2,1-3H3,(H,17,18). The zero-order valence-electron chi connectivity index (χ0n) is 11.7. The van der Waals surface area contributed by atoms with Gasteiger partial charge in [0.1, 0.15) is 5.76 Å². The van der Waals surface area contributed by atoms with Crippen molar-refractivity contribution in [3.8, 4) is 11.6 Å². The van der Waals surface area contributed by atoms with Gasteiger partial charge in [-0.25, -0.2) is 0 Å². The SMILES string of the molecule is CCc1ccc(-c2nnc(SCC(=O)O)n2C(C)C)o1. The van der Waals surface area contributed by atoms with Crippen molar-refractivity contribution in [2.45, 2.75) is 38.4 Å². The van der Waals surface area contributed by atoms with Gasteiger partial charge in [-0.15, -0.1) is 10.2 Å². The molecule has 0 bridgehead atoms. The van der Waals surface area contributed by atoms with Gasteiger partial charge in [0, 0.05) is 12.5 Å².